The second-order valence-electron chi connectivity index (χ2n) is 7.39. The van der Waals surface area contributed by atoms with E-state index in [0.717, 1.165) is 0 Å². The van der Waals surface area contributed by atoms with Gasteiger partial charge in [0.15, 0.2) is 0 Å². The largest absolute Gasteiger partial charge is 0.481 e. The van der Waals surface area contributed by atoms with Crippen molar-refractivity contribution in [3.63, 3.8) is 0 Å². The molecule has 0 saturated carbocycles. The van der Waals surface area contributed by atoms with Crippen molar-refractivity contribution in [1.82, 2.24) is 9.97 Å². The second kappa shape index (κ2) is 8.37. The topological polar surface area (TPSA) is 108 Å². The quantitative estimate of drug-likeness (QED) is 0.718. The molecule has 0 unspecified atom stereocenters. The van der Waals surface area contributed by atoms with E-state index in [2.05, 4.69) is 9.88 Å². The maximum Gasteiger partial charge on any atom is 0.313 e. The molecule has 9 heteroatoms. The molecule has 0 bridgehead atoms. The number of carboxylic acids is 1. The van der Waals surface area contributed by atoms with Crippen molar-refractivity contribution in [2.24, 2.45) is 0 Å². The van der Waals surface area contributed by atoms with Crippen LogP contribution in [0.4, 0.5) is 11.8 Å². The number of aromatic nitrogens is 2. The summed E-state index contributed by atoms with van der Waals surface area (Å²) in [6.45, 7) is 7.72. The van der Waals surface area contributed by atoms with E-state index in [-0.39, 0.29) is 12.7 Å². The van der Waals surface area contributed by atoms with Crippen molar-refractivity contribution in [2.75, 3.05) is 62.4 Å². The first-order valence-corrected chi connectivity index (χ1v) is 9.34. The van der Waals surface area contributed by atoms with Crippen LogP contribution >= 0.6 is 0 Å². The highest BCUT2D eigenvalue weighted by atomic mass is 16.5. The lowest BCUT2D eigenvalue weighted by molar-refractivity contribution is -0.142. The summed E-state index contributed by atoms with van der Waals surface area (Å²) in [6.07, 6.45) is 2.14. The van der Waals surface area contributed by atoms with E-state index in [1.54, 1.807) is 20.0 Å². The highest BCUT2D eigenvalue weighted by Crippen LogP contribution is 2.33. The van der Waals surface area contributed by atoms with Crippen molar-refractivity contribution in [1.29, 1.82) is 0 Å². The van der Waals surface area contributed by atoms with Gasteiger partial charge in [-0.2, -0.15) is 4.98 Å². The fourth-order valence-electron chi connectivity index (χ4n) is 3.31. The number of carboxylic acid groups (broad SMARTS) is 1. The number of nitrogens with zero attached hydrogens (tertiary/aromatic N) is 4. The van der Waals surface area contributed by atoms with Gasteiger partial charge in [-0.15, -0.1) is 0 Å². The zero-order chi connectivity index (χ0) is 19.4. The van der Waals surface area contributed by atoms with Gasteiger partial charge in [0.1, 0.15) is 5.82 Å². The van der Waals surface area contributed by atoms with E-state index < -0.39 is 11.4 Å². The van der Waals surface area contributed by atoms with Crippen LogP contribution in [-0.2, 0) is 19.7 Å². The van der Waals surface area contributed by atoms with Gasteiger partial charge in [0.2, 0.25) is 5.95 Å². The normalized spacial score (nSPS) is 21.4. The van der Waals surface area contributed by atoms with Crippen LogP contribution in [0.5, 0.6) is 0 Å². The first-order valence-electron chi connectivity index (χ1n) is 9.34. The van der Waals surface area contributed by atoms with Gasteiger partial charge in [-0.25, -0.2) is 4.98 Å². The van der Waals surface area contributed by atoms with Crippen molar-refractivity contribution in [3.8, 4) is 0 Å². The Labute approximate surface area is 158 Å². The van der Waals surface area contributed by atoms with E-state index in [4.69, 9.17) is 19.6 Å². The maximum atomic E-state index is 11.8. The highest BCUT2D eigenvalue weighted by Gasteiger charge is 2.35. The predicted octanol–water partition coefficient (Wildman–Crippen LogP) is 0.263. The summed E-state index contributed by atoms with van der Waals surface area (Å²) in [4.78, 5) is 25.2. The fourth-order valence-corrected chi connectivity index (χ4v) is 3.31. The Morgan fingerprint density at radius 1 is 1.26 bits per heavy atom. The molecule has 0 radical (unpaired) electrons. The Balaban J connectivity index is 1.94. The van der Waals surface area contributed by atoms with Crippen LogP contribution in [0.2, 0.25) is 0 Å². The second-order valence-corrected chi connectivity index (χ2v) is 7.39. The van der Waals surface area contributed by atoms with Gasteiger partial charge in [0.05, 0.1) is 31.3 Å². The first-order chi connectivity index (χ1) is 12.9. The molecule has 27 heavy (non-hydrogen) atoms. The number of aliphatic carboxylic acids is 1. The molecule has 0 aliphatic carbocycles. The standard InChI is InChI=1S/C18H28N4O5/c1-18(2,16(24)25)14-11-19-17(20-15(14)21-4-8-26-9-5-21)22-6-10-27-13(12-22)3-7-23/h11,13,23H,3-10,12H2,1-2H3,(H,24,25)/t13-/m1/s1. The minimum atomic E-state index is -1.10. The molecule has 0 aromatic carbocycles. The Morgan fingerprint density at radius 3 is 2.63 bits per heavy atom. The zero-order valence-electron chi connectivity index (χ0n) is 15.9. The lowest BCUT2D eigenvalue weighted by atomic mass is 9.85. The molecule has 150 valence electrons. The van der Waals surface area contributed by atoms with Crippen molar-refractivity contribution >= 4 is 17.7 Å². The average Bonchev–Trinajstić information content (AvgIpc) is 2.68. The molecular formula is C18H28N4O5. The molecule has 2 N–H and O–H groups in total. The molecule has 3 rings (SSSR count). The van der Waals surface area contributed by atoms with Crippen LogP contribution in [0.1, 0.15) is 25.8 Å². The van der Waals surface area contributed by atoms with Gasteiger partial charge in [-0.1, -0.05) is 0 Å². The Hall–Kier alpha value is -1.97. The third kappa shape index (κ3) is 4.31. The molecule has 1 aromatic rings. The lowest BCUT2D eigenvalue weighted by Crippen LogP contribution is -2.44. The summed E-state index contributed by atoms with van der Waals surface area (Å²) in [5.41, 5.74) is -0.503. The Bertz CT molecular complexity index is 661. The van der Waals surface area contributed by atoms with Crippen LogP contribution in [-0.4, -0.2) is 84.9 Å². The first kappa shape index (κ1) is 19.8. The van der Waals surface area contributed by atoms with Crippen LogP contribution in [0.25, 0.3) is 0 Å². The lowest BCUT2D eigenvalue weighted by Gasteiger charge is -2.35. The molecular weight excluding hydrogens is 352 g/mol. The van der Waals surface area contributed by atoms with E-state index in [9.17, 15) is 9.90 Å². The SMILES string of the molecule is CC(C)(C(=O)O)c1cnc(N2CCO[C@H](CCO)C2)nc1N1CCOCC1. The van der Waals surface area contributed by atoms with Gasteiger partial charge in [0.25, 0.3) is 0 Å². The van der Waals surface area contributed by atoms with E-state index >= 15 is 0 Å². The Kier molecular flexibility index (Phi) is 6.13. The number of hydrogen-bond donors (Lipinski definition) is 2. The Morgan fingerprint density at radius 2 is 1.96 bits per heavy atom. The van der Waals surface area contributed by atoms with Crippen molar-refractivity contribution in [3.05, 3.63) is 11.8 Å². The van der Waals surface area contributed by atoms with Gasteiger partial charge in [0, 0.05) is 44.5 Å². The monoisotopic (exact) mass is 380 g/mol. The number of rotatable bonds is 6. The number of carbonyl (C=O) groups is 1. The van der Waals surface area contributed by atoms with Gasteiger partial charge < -0.3 is 29.5 Å². The summed E-state index contributed by atoms with van der Waals surface area (Å²) < 4.78 is 11.1. The molecule has 9 nitrogen and oxygen atoms in total. The number of morpholine rings is 2. The van der Waals surface area contributed by atoms with Gasteiger partial charge in [-0.3, -0.25) is 4.79 Å². The number of aliphatic hydroxyl groups is 1. The number of aliphatic hydroxyl groups excluding tert-OH is 1. The summed E-state index contributed by atoms with van der Waals surface area (Å²) in [5, 5.41) is 18.8. The third-order valence-corrected chi connectivity index (χ3v) is 5.15. The molecule has 2 aliphatic rings. The van der Waals surface area contributed by atoms with Gasteiger partial charge in [-0.05, 0) is 20.3 Å². The number of ether oxygens (including phenoxy) is 2. The zero-order valence-corrected chi connectivity index (χ0v) is 15.9. The van der Waals surface area contributed by atoms with E-state index in [0.29, 0.717) is 69.8 Å². The summed E-state index contributed by atoms with van der Waals surface area (Å²) in [7, 11) is 0. The van der Waals surface area contributed by atoms with E-state index in [1.807, 2.05) is 4.90 Å². The molecule has 0 spiro atoms. The number of hydrogen-bond acceptors (Lipinski definition) is 8. The molecule has 2 saturated heterocycles. The molecule has 2 fully saturated rings. The fraction of sp³-hybridized carbons (Fsp3) is 0.722. The molecule has 1 atom stereocenters. The summed E-state index contributed by atoms with van der Waals surface area (Å²) >= 11 is 0. The average molecular weight is 380 g/mol. The smallest absolute Gasteiger partial charge is 0.313 e. The van der Waals surface area contributed by atoms with Crippen LogP contribution in [0.3, 0.4) is 0 Å². The molecule has 2 aliphatic heterocycles. The number of anilines is 2. The van der Waals surface area contributed by atoms with Crippen molar-refractivity contribution < 1.29 is 24.5 Å². The maximum absolute atomic E-state index is 11.8. The predicted molar refractivity (Wildman–Crippen MR) is 99.4 cm³/mol. The van der Waals surface area contributed by atoms with Crippen molar-refractivity contribution in [2.45, 2.75) is 31.8 Å². The van der Waals surface area contributed by atoms with Crippen LogP contribution < -0.4 is 9.80 Å². The van der Waals surface area contributed by atoms with Crippen LogP contribution in [0, 0.1) is 0 Å². The third-order valence-electron chi connectivity index (χ3n) is 5.15. The summed E-state index contributed by atoms with van der Waals surface area (Å²) in [6, 6.07) is 0. The molecule has 0 amide bonds. The highest BCUT2D eigenvalue weighted by molar-refractivity contribution is 5.82. The molecule has 1 aromatic heterocycles. The minimum absolute atomic E-state index is 0.0608. The van der Waals surface area contributed by atoms with Gasteiger partial charge >= 0.3 is 5.97 Å². The molecule has 3 heterocycles. The van der Waals surface area contributed by atoms with E-state index in [1.165, 1.54) is 0 Å². The minimum Gasteiger partial charge on any atom is -0.481 e. The van der Waals surface area contributed by atoms with Crippen LogP contribution in [0.15, 0.2) is 6.20 Å². The summed E-state index contributed by atoms with van der Waals surface area (Å²) in [5.74, 6) is 0.302.